The Bertz CT molecular complexity index is 312. The average Bonchev–Trinajstić information content (AvgIpc) is 2.08. The molecule has 0 bridgehead atoms. The van der Waals surface area contributed by atoms with Gasteiger partial charge in [0.25, 0.3) is 0 Å². The van der Waals surface area contributed by atoms with E-state index >= 15 is 0 Å². The molecule has 0 aliphatic heterocycles. The van der Waals surface area contributed by atoms with Gasteiger partial charge < -0.3 is 0 Å². The zero-order valence-electron chi connectivity index (χ0n) is 5.98. The third-order valence-electron chi connectivity index (χ3n) is 1.35. The monoisotopic (exact) mass is 402 g/mol. The molecule has 0 radical (unpaired) electrons. The van der Waals surface area contributed by atoms with Gasteiger partial charge in [-0.05, 0) is 40.8 Å². The van der Waals surface area contributed by atoms with Crippen molar-refractivity contribution in [1.29, 1.82) is 0 Å². The van der Waals surface area contributed by atoms with Gasteiger partial charge in [0, 0.05) is 13.6 Å². The van der Waals surface area contributed by atoms with E-state index in [0.29, 0.717) is 5.33 Å². The highest BCUT2D eigenvalue weighted by Crippen LogP contribution is 2.19. The zero-order chi connectivity index (χ0) is 9.14. The quantitative estimate of drug-likeness (QED) is 0.418. The van der Waals surface area contributed by atoms with E-state index in [1.165, 1.54) is 0 Å². The van der Waals surface area contributed by atoms with Crippen LogP contribution >= 0.6 is 54.5 Å². The van der Waals surface area contributed by atoms with Gasteiger partial charge in [-0.1, -0.05) is 31.9 Å². The van der Waals surface area contributed by atoms with Crippen molar-refractivity contribution in [1.82, 2.24) is 0 Å². The molecular weight excluding hydrogens is 399 g/mol. The maximum absolute atomic E-state index is 11.3. The van der Waals surface area contributed by atoms with Crippen LogP contribution in [0.2, 0.25) is 0 Å². The second-order valence-electron chi connectivity index (χ2n) is 2.18. The lowest BCUT2D eigenvalue weighted by molar-refractivity contribution is 0.102. The largest absolute Gasteiger partial charge is 0.293 e. The molecule has 0 fully saturated rings. The molecule has 1 rings (SSSR count). The normalized spacial score (nSPS) is 9.92. The predicted octanol–water partition coefficient (Wildman–Crippen LogP) is 3.63. The van der Waals surface area contributed by atoms with Crippen LogP contribution in [0.15, 0.2) is 22.7 Å². The fourth-order valence-electron chi connectivity index (χ4n) is 0.783. The van der Waals surface area contributed by atoms with Crippen LogP contribution in [0.25, 0.3) is 0 Å². The number of alkyl halides is 1. The van der Waals surface area contributed by atoms with Crippen LogP contribution in [0.3, 0.4) is 0 Å². The van der Waals surface area contributed by atoms with Gasteiger partial charge in [-0.25, -0.2) is 0 Å². The van der Waals surface area contributed by atoms with Gasteiger partial charge in [-0.15, -0.1) is 0 Å². The molecule has 0 spiro atoms. The molecular formula is C8H5Br2IO. The first kappa shape index (κ1) is 10.7. The van der Waals surface area contributed by atoms with Crippen LogP contribution in [-0.2, 0) is 0 Å². The van der Waals surface area contributed by atoms with Crippen LogP contribution in [0.1, 0.15) is 10.4 Å². The van der Waals surface area contributed by atoms with Crippen LogP contribution in [0, 0.1) is 3.57 Å². The zero-order valence-corrected chi connectivity index (χ0v) is 11.3. The summed E-state index contributed by atoms with van der Waals surface area (Å²) in [6.07, 6.45) is 0. The first-order valence-electron chi connectivity index (χ1n) is 3.19. The molecule has 12 heavy (non-hydrogen) atoms. The van der Waals surface area contributed by atoms with Crippen molar-refractivity contribution in [3.8, 4) is 0 Å². The summed E-state index contributed by atoms with van der Waals surface area (Å²) in [6, 6.07) is 5.68. The Kier molecular flexibility index (Phi) is 4.19. The minimum absolute atomic E-state index is 0.112. The van der Waals surface area contributed by atoms with Gasteiger partial charge in [-0.2, -0.15) is 0 Å². The van der Waals surface area contributed by atoms with E-state index in [9.17, 15) is 4.79 Å². The van der Waals surface area contributed by atoms with Crippen LogP contribution in [0.4, 0.5) is 0 Å². The summed E-state index contributed by atoms with van der Waals surface area (Å²) in [4.78, 5) is 11.3. The number of rotatable bonds is 2. The number of Topliss-reactive ketones (excluding diaryl/α,β-unsaturated/α-hetero) is 1. The van der Waals surface area contributed by atoms with E-state index < -0.39 is 0 Å². The highest BCUT2D eigenvalue weighted by molar-refractivity contribution is 14.1. The van der Waals surface area contributed by atoms with Crippen molar-refractivity contribution in [2.45, 2.75) is 0 Å². The van der Waals surface area contributed by atoms with Gasteiger partial charge in [0.2, 0.25) is 0 Å². The molecule has 4 heteroatoms. The summed E-state index contributed by atoms with van der Waals surface area (Å²) in [5.41, 5.74) is 0.766. The van der Waals surface area contributed by atoms with Crippen LogP contribution < -0.4 is 0 Å². The molecule has 1 nitrogen and oxygen atoms in total. The molecule has 0 amide bonds. The molecule has 1 aromatic rings. The van der Waals surface area contributed by atoms with Crippen LogP contribution in [0.5, 0.6) is 0 Å². The topological polar surface area (TPSA) is 17.1 Å². The Labute approximate surface area is 101 Å². The molecule has 0 heterocycles. The lowest BCUT2D eigenvalue weighted by Crippen LogP contribution is -2.02. The summed E-state index contributed by atoms with van der Waals surface area (Å²) in [5.74, 6) is 0.112. The highest BCUT2D eigenvalue weighted by atomic mass is 127. The van der Waals surface area contributed by atoms with E-state index in [2.05, 4.69) is 54.5 Å². The molecule has 0 N–H and O–H groups in total. The molecule has 1 aromatic carbocycles. The van der Waals surface area contributed by atoms with E-state index in [0.717, 1.165) is 13.6 Å². The predicted molar refractivity (Wildman–Crippen MR) is 65.0 cm³/mol. The molecule has 0 saturated heterocycles. The van der Waals surface area contributed by atoms with Crippen LogP contribution in [-0.4, -0.2) is 11.1 Å². The second-order valence-corrected chi connectivity index (χ2v) is 4.82. The number of hydrogen-bond donors (Lipinski definition) is 0. The van der Waals surface area contributed by atoms with Gasteiger partial charge >= 0.3 is 0 Å². The molecule has 0 unspecified atom stereocenters. The van der Waals surface area contributed by atoms with Gasteiger partial charge in [-0.3, -0.25) is 4.79 Å². The molecule has 0 aromatic heterocycles. The molecule has 0 aliphatic carbocycles. The number of carbonyl (C=O) groups is 1. The number of hydrogen-bond acceptors (Lipinski definition) is 1. The molecule has 0 atom stereocenters. The van der Waals surface area contributed by atoms with Crippen molar-refractivity contribution in [2.24, 2.45) is 0 Å². The summed E-state index contributed by atoms with van der Waals surface area (Å²) < 4.78 is 1.92. The third-order valence-corrected chi connectivity index (χ3v) is 3.29. The summed E-state index contributed by atoms with van der Waals surface area (Å²) in [6.45, 7) is 0. The van der Waals surface area contributed by atoms with Crippen molar-refractivity contribution in [3.05, 3.63) is 31.8 Å². The Balaban J connectivity index is 3.13. The van der Waals surface area contributed by atoms with E-state index in [1.54, 1.807) is 0 Å². The minimum Gasteiger partial charge on any atom is -0.293 e. The Morgan fingerprint density at radius 2 is 2.17 bits per heavy atom. The molecule has 0 saturated carbocycles. The molecule has 0 aliphatic rings. The fourth-order valence-corrected chi connectivity index (χ4v) is 2.08. The summed E-state index contributed by atoms with van der Waals surface area (Å²) in [7, 11) is 0. The highest BCUT2D eigenvalue weighted by Gasteiger charge is 2.08. The lowest BCUT2D eigenvalue weighted by atomic mass is 10.2. The Morgan fingerprint density at radius 1 is 1.50 bits per heavy atom. The lowest BCUT2D eigenvalue weighted by Gasteiger charge is -2.00. The van der Waals surface area contributed by atoms with Crippen molar-refractivity contribution < 1.29 is 4.79 Å². The van der Waals surface area contributed by atoms with Crippen molar-refractivity contribution in [3.63, 3.8) is 0 Å². The number of benzene rings is 1. The summed E-state index contributed by atoms with van der Waals surface area (Å²) in [5, 5.41) is 0.374. The smallest absolute Gasteiger partial charge is 0.174 e. The first-order chi connectivity index (χ1) is 5.65. The number of halogens is 3. The standard InChI is InChI=1S/C8H5Br2IO/c9-4-8(12)6-3-5(10)1-2-7(6)11/h1-3H,4H2. The molecule has 64 valence electrons. The number of carbonyl (C=O) groups excluding carboxylic acids is 1. The Morgan fingerprint density at radius 3 is 2.75 bits per heavy atom. The van der Waals surface area contributed by atoms with Crippen molar-refractivity contribution in [2.75, 3.05) is 5.33 Å². The SMILES string of the molecule is O=C(CBr)c1cc(Br)ccc1I. The maximum Gasteiger partial charge on any atom is 0.174 e. The Hall–Kier alpha value is 0.580. The van der Waals surface area contributed by atoms with Gasteiger partial charge in [0.05, 0.1) is 5.33 Å². The van der Waals surface area contributed by atoms with Gasteiger partial charge in [0.15, 0.2) is 5.78 Å². The van der Waals surface area contributed by atoms with Gasteiger partial charge in [0.1, 0.15) is 0 Å². The van der Waals surface area contributed by atoms with E-state index in [1.807, 2.05) is 18.2 Å². The first-order valence-corrected chi connectivity index (χ1v) is 6.18. The summed E-state index contributed by atoms with van der Waals surface area (Å²) >= 11 is 8.62. The van der Waals surface area contributed by atoms with Crippen molar-refractivity contribution >= 4 is 60.2 Å². The third kappa shape index (κ3) is 2.53. The van der Waals surface area contributed by atoms with E-state index in [-0.39, 0.29) is 5.78 Å². The minimum atomic E-state index is 0.112. The number of ketones is 1. The van der Waals surface area contributed by atoms with E-state index in [4.69, 9.17) is 0 Å². The fraction of sp³-hybridized carbons (Fsp3) is 0.125. The average molecular weight is 404 g/mol. The second kappa shape index (κ2) is 4.72. The maximum atomic E-state index is 11.3.